The van der Waals surface area contributed by atoms with Crippen LogP contribution in [0, 0.1) is 0 Å². The minimum atomic E-state index is -0.0906. The molecule has 0 atom stereocenters. The first kappa shape index (κ1) is 15.6. The second-order valence-electron chi connectivity index (χ2n) is 5.21. The summed E-state index contributed by atoms with van der Waals surface area (Å²) in [5.74, 6) is -0.0906. The van der Waals surface area contributed by atoms with Gasteiger partial charge in [-0.2, -0.15) is 0 Å². The Kier molecular flexibility index (Phi) is 4.94. The zero-order chi connectivity index (χ0) is 14.8. The molecule has 5 heteroatoms. The molecule has 1 heterocycles. The molecular formula is C15H16BrNOS2. The molecule has 1 N–H and O–H groups in total. The van der Waals surface area contributed by atoms with E-state index in [1.165, 1.54) is 4.88 Å². The van der Waals surface area contributed by atoms with Gasteiger partial charge in [0.2, 0.25) is 0 Å². The van der Waals surface area contributed by atoms with Crippen LogP contribution in [0.1, 0.15) is 29.1 Å². The number of carbonyl (C=O) groups is 1. The summed E-state index contributed by atoms with van der Waals surface area (Å²) in [4.78, 5) is 14.2. The molecule has 1 aromatic heterocycles. The maximum absolute atomic E-state index is 12.2. The predicted molar refractivity (Wildman–Crippen MR) is 91.1 cm³/mol. The van der Waals surface area contributed by atoms with Gasteiger partial charge in [0.05, 0.1) is 5.56 Å². The van der Waals surface area contributed by atoms with Crippen molar-refractivity contribution in [3.8, 4) is 0 Å². The molecule has 106 valence electrons. The van der Waals surface area contributed by atoms with Crippen molar-refractivity contribution in [1.29, 1.82) is 0 Å². The molecule has 0 aliphatic heterocycles. The monoisotopic (exact) mass is 369 g/mol. The number of nitrogens with one attached hydrogen (secondary N) is 1. The van der Waals surface area contributed by atoms with Crippen LogP contribution in [0.25, 0.3) is 0 Å². The summed E-state index contributed by atoms with van der Waals surface area (Å²) < 4.78 is 0.915. The SMILES string of the molecule is CC(C)(CNC(=O)c1ccc(Br)cc1S)c1cccs1. The van der Waals surface area contributed by atoms with Gasteiger partial charge in [0.15, 0.2) is 0 Å². The smallest absolute Gasteiger partial charge is 0.252 e. The fourth-order valence-electron chi connectivity index (χ4n) is 1.84. The summed E-state index contributed by atoms with van der Waals surface area (Å²) in [5.41, 5.74) is 0.522. The number of hydrogen-bond acceptors (Lipinski definition) is 3. The Bertz CT molecular complexity index is 608. The van der Waals surface area contributed by atoms with Crippen molar-refractivity contribution in [2.45, 2.75) is 24.2 Å². The average Bonchev–Trinajstić information content (AvgIpc) is 2.90. The molecular weight excluding hydrogens is 354 g/mol. The van der Waals surface area contributed by atoms with E-state index in [1.54, 1.807) is 17.4 Å². The van der Waals surface area contributed by atoms with Crippen molar-refractivity contribution in [3.63, 3.8) is 0 Å². The molecule has 0 bridgehead atoms. The van der Waals surface area contributed by atoms with Gasteiger partial charge in [0.25, 0.3) is 5.91 Å². The van der Waals surface area contributed by atoms with Crippen LogP contribution in [0.3, 0.4) is 0 Å². The lowest BCUT2D eigenvalue weighted by atomic mass is 9.91. The Morgan fingerprint density at radius 1 is 1.40 bits per heavy atom. The van der Waals surface area contributed by atoms with Crippen molar-refractivity contribution in [3.05, 3.63) is 50.6 Å². The molecule has 0 spiro atoms. The summed E-state index contributed by atoms with van der Waals surface area (Å²) in [5, 5.41) is 5.05. The Morgan fingerprint density at radius 3 is 2.75 bits per heavy atom. The minimum absolute atomic E-state index is 0.0735. The molecule has 0 saturated carbocycles. The van der Waals surface area contributed by atoms with Crippen LogP contribution < -0.4 is 5.32 Å². The van der Waals surface area contributed by atoms with Gasteiger partial charge in [0.1, 0.15) is 0 Å². The quantitative estimate of drug-likeness (QED) is 0.762. The average molecular weight is 370 g/mol. The van der Waals surface area contributed by atoms with Gasteiger partial charge < -0.3 is 5.32 Å². The van der Waals surface area contributed by atoms with E-state index >= 15 is 0 Å². The number of thiophene rings is 1. The zero-order valence-corrected chi connectivity index (χ0v) is 14.6. The van der Waals surface area contributed by atoms with Gasteiger partial charge in [-0.05, 0) is 29.6 Å². The van der Waals surface area contributed by atoms with Crippen molar-refractivity contribution < 1.29 is 4.79 Å². The normalized spacial score (nSPS) is 11.4. The maximum atomic E-state index is 12.2. The molecule has 0 aliphatic rings. The third kappa shape index (κ3) is 3.65. The van der Waals surface area contributed by atoms with E-state index < -0.39 is 0 Å². The molecule has 1 aromatic carbocycles. The van der Waals surface area contributed by atoms with Crippen LogP contribution in [0.15, 0.2) is 45.1 Å². The molecule has 2 nitrogen and oxygen atoms in total. The number of benzene rings is 1. The van der Waals surface area contributed by atoms with Gasteiger partial charge in [-0.25, -0.2) is 0 Å². The molecule has 0 fully saturated rings. The first-order valence-electron chi connectivity index (χ1n) is 6.21. The highest BCUT2D eigenvalue weighted by Crippen LogP contribution is 2.27. The van der Waals surface area contributed by atoms with Crippen molar-refractivity contribution >= 4 is 45.8 Å². The second-order valence-corrected chi connectivity index (χ2v) is 7.55. The van der Waals surface area contributed by atoms with Crippen molar-refractivity contribution in [2.24, 2.45) is 0 Å². The van der Waals surface area contributed by atoms with Crippen LogP contribution in [0.2, 0.25) is 0 Å². The lowest BCUT2D eigenvalue weighted by Gasteiger charge is -2.23. The molecule has 0 saturated heterocycles. The van der Waals surface area contributed by atoms with Gasteiger partial charge in [-0.15, -0.1) is 24.0 Å². The topological polar surface area (TPSA) is 29.1 Å². The number of thiol groups is 1. The molecule has 0 unspecified atom stereocenters. The largest absolute Gasteiger partial charge is 0.351 e. The van der Waals surface area contributed by atoms with E-state index in [0.29, 0.717) is 17.0 Å². The van der Waals surface area contributed by atoms with Gasteiger partial charge >= 0.3 is 0 Å². The van der Waals surface area contributed by atoms with Crippen LogP contribution in [-0.4, -0.2) is 12.5 Å². The minimum Gasteiger partial charge on any atom is -0.351 e. The van der Waals surface area contributed by atoms with E-state index in [1.807, 2.05) is 18.2 Å². The fraction of sp³-hybridized carbons (Fsp3) is 0.267. The first-order chi connectivity index (χ1) is 9.40. The Morgan fingerprint density at radius 2 is 2.15 bits per heavy atom. The standard InChI is InChI=1S/C15H16BrNOS2/c1-15(2,13-4-3-7-20-13)9-17-14(18)11-6-5-10(16)8-12(11)19/h3-8,19H,9H2,1-2H3,(H,17,18). The van der Waals surface area contributed by atoms with E-state index in [4.69, 9.17) is 0 Å². The highest BCUT2D eigenvalue weighted by Gasteiger charge is 2.23. The molecule has 0 aliphatic carbocycles. The summed E-state index contributed by atoms with van der Waals surface area (Å²) in [6.07, 6.45) is 0. The highest BCUT2D eigenvalue weighted by atomic mass is 79.9. The number of hydrogen-bond donors (Lipinski definition) is 2. The first-order valence-corrected chi connectivity index (χ1v) is 8.33. The summed E-state index contributed by atoms with van der Waals surface area (Å²) in [7, 11) is 0. The zero-order valence-electron chi connectivity index (χ0n) is 11.3. The maximum Gasteiger partial charge on any atom is 0.252 e. The molecule has 2 rings (SSSR count). The number of amides is 1. The van der Waals surface area contributed by atoms with Crippen LogP contribution >= 0.6 is 39.9 Å². The third-order valence-electron chi connectivity index (χ3n) is 3.08. The molecule has 2 aromatic rings. The van der Waals surface area contributed by atoms with Crippen LogP contribution in [-0.2, 0) is 5.41 Å². The highest BCUT2D eigenvalue weighted by molar-refractivity contribution is 9.10. The fourth-order valence-corrected chi connectivity index (χ4v) is 3.55. The van der Waals surface area contributed by atoms with Gasteiger partial charge in [-0.1, -0.05) is 35.8 Å². The van der Waals surface area contributed by atoms with Crippen molar-refractivity contribution in [1.82, 2.24) is 5.32 Å². The van der Waals surface area contributed by atoms with Crippen molar-refractivity contribution in [2.75, 3.05) is 6.54 Å². The summed E-state index contributed by atoms with van der Waals surface area (Å²) in [6, 6.07) is 9.58. The van der Waals surface area contributed by atoms with Gasteiger partial charge in [-0.3, -0.25) is 4.79 Å². The Hall–Kier alpha value is -0.780. The van der Waals surface area contributed by atoms with E-state index in [9.17, 15) is 4.79 Å². The van der Waals surface area contributed by atoms with E-state index in [0.717, 1.165) is 4.47 Å². The molecule has 20 heavy (non-hydrogen) atoms. The predicted octanol–water partition coefficient (Wildman–Crippen LogP) is 4.51. The molecule has 0 radical (unpaired) electrons. The summed E-state index contributed by atoms with van der Waals surface area (Å²) >= 11 is 9.42. The second kappa shape index (κ2) is 6.33. The van der Waals surface area contributed by atoms with Crippen LogP contribution in [0.4, 0.5) is 0 Å². The molecule has 1 amide bonds. The Balaban J connectivity index is 2.05. The lowest BCUT2D eigenvalue weighted by Crippen LogP contribution is -2.36. The number of halogens is 1. The third-order valence-corrected chi connectivity index (χ3v) is 5.18. The van der Waals surface area contributed by atoms with E-state index in [-0.39, 0.29) is 11.3 Å². The summed E-state index contributed by atoms with van der Waals surface area (Å²) in [6.45, 7) is 4.85. The Labute approximate surface area is 137 Å². The lowest BCUT2D eigenvalue weighted by molar-refractivity contribution is 0.0943. The van der Waals surface area contributed by atoms with Gasteiger partial charge in [0, 0.05) is 26.2 Å². The van der Waals surface area contributed by atoms with E-state index in [2.05, 4.69) is 59.2 Å². The number of carbonyl (C=O) groups excluding carboxylic acids is 1. The number of rotatable bonds is 4. The van der Waals surface area contributed by atoms with Crippen LogP contribution in [0.5, 0.6) is 0 Å².